The van der Waals surface area contributed by atoms with E-state index in [2.05, 4.69) is 4.74 Å². The molecular weight excluding hydrogens is 524 g/mol. The smallest absolute Gasteiger partial charge is 0.430 e. The van der Waals surface area contributed by atoms with E-state index in [4.69, 9.17) is 4.74 Å². The van der Waals surface area contributed by atoms with Crippen molar-refractivity contribution in [2.75, 3.05) is 18.9 Å². The summed E-state index contributed by atoms with van der Waals surface area (Å²) in [6.45, 7) is 3.40. The van der Waals surface area contributed by atoms with Crippen molar-refractivity contribution in [2.45, 2.75) is 89.8 Å². The maximum Gasteiger partial charge on any atom is 0.430 e. The summed E-state index contributed by atoms with van der Waals surface area (Å²) in [6, 6.07) is 0.976. The fourth-order valence-electron chi connectivity index (χ4n) is 4.83. The average Bonchev–Trinajstić information content (AvgIpc) is 3.35. The maximum absolute atomic E-state index is 13.9. The largest absolute Gasteiger partial charge is 0.493 e. The number of imide groups is 1. The van der Waals surface area contributed by atoms with Crippen LogP contribution in [0, 0.1) is 0 Å². The summed E-state index contributed by atoms with van der Waals surface area (Å²) in [5.74, 6) is 0.341. The zero-order chi connectivity index (χ0) is 27.4. The van der Waals surface area contributed by atoms with E-state index in [1.807, 2.05) is 0 Å². The summed E-state index contributed by atoms with van der Waals surface area (Å²) >= 11 is 0.988. The van der Waals surface area contributed by atoms with E-state index in [1.54, 1.807) is 13.8 Å². The Morgan fingerprint density at radius 1 is 1.00 bits per heavy atom. The molecule has 0 aromatic heterocycles. The van der Waals surface area contributed by atoms with E-state index in [1.165, 1.54) is 4.90 Å². The topological polar surface area (TPSA) is 55.8 Å². The molecular formula is C25H31F6NO4S. The van der Waals surface area contributed by atoms with Gasteiger partial charge in [-0.1, -0.05) is 51.3 Å². The lowest BCUT2D eigenvalue weighted by atomic mass is 9.84. The van der Waals surface area contributed by atoms with Gasteiger partial charge in [-0.05, 0) is 42.9 Å². The number of alkyl halides is 6. The highest BCUT2D eigenvalue weighted by Gasteiger charge is 2.75. The highest BCUT2D eigenvalue weighted by molar-refractivity contribution is 8.14. The minimum Gasteiger partial charge on any atom is -0.493 e. The van der Waals surface area contributed by atoms with Crippen molar-refractivity contribution in [1.82, 2.24) is 4.90 Å². The monoisotopic (exact) mass is 555 g/mol. The highest BCUT2D eigenvalue weighted by Crippen LogP contribution is 2.58. The number of aryl methyl sites for hydroxylation is 1. The average molecular weight is 556 g/mol. The second-order valence-electron chi connectivity index (χ2n) is 9.20. The van der Waals surface area contributed by atoms with Gasteiger partial charge in [0.15, 0.2) is 0 Å². The molecule has 1 saturated heterocycles. The number of benzene rings is 1. The van der Waals surface area contributed by atoms with Gasteiger partial charge in [-0.2, -0.15) is 26.3 Å². The molecule has 0 bridgehead atoms. The molecule has 208 valence electrons. The molecule has 0 spiro atoms. The first kappa shape index (κ1) is 29.6. The SMILES string of the molecule is CCCc1cc2c(c(CCC)c1OCCCCCCN1C(=O)CSC1=O)COC2(C(F)(F)F)C(F)(F)F. The summed E-state index contributed by atoms with van der Waals surface area (Å²) < 4.78 is 94.0. The molecule has 1 fully saturated rings. The number of hydrogen-bond acceptors (Lipinski definition) is 5. The van der Waals surface area contributed by atoms with Crippen molar-refractivity contribution in [3.05, 3.63) is 28.3 Å². The van der Waals surface area contributed by atoms with Crippen LogP contribution < -0.4 is 4.74 Å². The molecule has 12 heteroatoms. The Kier molecular flexibility index (Phi) is 9.47. The van der Waals surface area contributed by atoms with Gasteiger partial charge in [-0.3, -0.25) is 14.5 Å². The van der Waals surface area contributed by atoms with Crippen molar-refractivity contribution in [3.8, 4) is 5.75 Å². The van der Waals surface area contributed by atoms with Gasteiger partial charge in [-0.25, -0.2) is 0 Å². The van der Waals surface area contributed by atoms with Crippen LogP contribution in [0.1, 0.15) is 74.6 Å². The van der Waals surface area contributed by atoms with E-state index in [0.717, 1.165) is 30.7 Å². The minimum atomic E-state index is -5.67. The van der Waals surface area contributed by atoms with Crippen LogP contribution in [0.2, 0.25) is 0 Å². The van der Waals surface area contributed by atoms with Gasteiger partial charge in [-0.15, -0.1) is 0 Å². The molecule has 1 aromatic carbocycles. The number of carbonyl (C=O) groups excluding carboxylic acids is 2. The van der Waals surface area contributed by atoms with Gasteiger partial charge in [0.05, 0.1) is 19.0 Å². The predicted molar refractivity (Wildman–Crippen MR) is 127 cm³/mol. The van der Waals surface area contributed by atoms with Crippen LogP contribution in [-0.2, 0) is 34.6 Å². The van der Waals surface area contributed by atoms with Crippen LogP contribution >= 0.6 is 11.8 Å². The number of amides is 2. The van der Waals surface area contributed by atoms with Crippen LogP contribution in [0.5, 0.6) is 5.75 Å². The quantitative estimate of drug-likeness (QED) is 0.204. The number of hydrogen-bond donors (Lipinski definition) is 0. The number of halogens is 6. The first-order chi connectivity index (χ1) is 17.4. The minimum absolute atomic E-state index is 0.0934. The Labute approximate surface area is 216 Å². The highest BCUT2D eigenvalue weighted by atomic mass is 32.2. The van der Waals surface area contributed by atoms with E-state index in [9.17, 15) is 35.9 Å². The summed E-state index contributed by atoms with van der Waals surface area (Å²) in [5.41, 5.74) is -4.66. The molecule has 0 unspecified atom stereocenters. The molecule has 2 aliphatic rings. The van der Waals surface area contributed by atoms with Gasteiger partial charge >= 0.3 is 12.4 Å². The molecule has 2 amide bonds. The molecule has 1 aromatic rings. The summed E-state index contributed by atoms with van der Waals surface area (Å²) in [5, 5.41) is -0.235. The molecule has 0 atom stereocenters. The van der Waals surface area contributed by atoms with Crippen LogP contribution in [-0.4, -0.2) is 47.3 Å². The van der Waals surface area contributed by atoms with Crippen molar-refractivity contribution in [3.63, 3.8) is 0 Å². The Morgan fingerprint density at radius 2 is 1.65 bits per heavy atom. The van der Waals surface area contributed by atoms with Crippen LogP contribution in [0.25, 0.3) is 0 Å². The normalized spacial score (nSPS) is 17.6. The summed E-state index contributed by atoms with van der Waals surface area (Å²) in [7, 11) is 0. The van der Waals surface area contributed by atoms with Gasteiger partial charge in [0.2, 0.25) is 5.91 Å². The molecule has 0 N–H and O–H groups in total. The molecule has 2 heterocycles. The number of unbranched alkanes of at least 4 members (excludes halogenated alkanes) is 3. The van der Waals surface area contributed by atoms with Crippen LogP contribution in [0.3, 0.4) is 0 Å². The zero-order valence-corrected chi connectivity index (χ0v) is 21.6. The van der Waals surface area contributed by atoms with E-state index in [0.29, 0.717) is 49.1 Å². The van der Waals surface area contributed by atoms with E-state index < -0.39 is 30.1 Å². The second-order valence-corrected chi connectivity index (χ2v) is 10.1. The first-order valence-corrected chi connectivity index (χ1v) is 13.4. The van der Waals surface area contributed by atoms with Crippen molar-refractivity contribution >= 4 is 22.9 Å². The van der Waals surface area contributed by atoms with Crippen LogP contribution in [0.4, 0.5) is 31.1 Å². The second kappa shape index (κ2) is 11.8. The molecule has 2 aliphatic heterocycles. The standard InChI is InChI=1S/C25H31F6NO4S/c1-3-9-16-13-19-18(14-36-23(19,24(26,27)28)25(29,30)31)17(10-4-2)21(16)35-12-8-6-5-7-11-32-20(33)15-37-22(32)34/h13H,3-12,14-15H2,1-2H3. The Balaban J connectivity index is 1.76. The predicted octanol–water partition coefficient (Wildman–Crippen LogP) is 7.08. The Morgan fingerprint density at radius 3 is 2.22 bits per heavy atom. The molecule has 3 rings (SSSR count). The van der Waals surface area contributed by atoms with Gasteiger partial charge < -0.3 is 9.47 Å². The number of ether oxygens (including phenoxy) is 2. The van der Waals surface area contributed by atoms with Gasteiger partial charge in [0, 0.05) is 17.7 Å². The molecule has 37 heavy (non-hydrogen) atoms. The zero-order valence-electron chi connectivity index (χ0n) is 20.8. The number of fused-ring (bicyclic) bond motifs is 1. The third-order valence-corrected chi connectivity index (χ3v) is 7.43. The first-order valence-electron chi connectivity index (χ1n) is 12.4. The summed E-state index contributed by atoms with van der Waals surface area (Å²) in [4.78, 5) is 24.5. The summed E-state index contributed by atoms with van der Waals surface area (Å²) in [6.07, 6.45) is -7.06. The third-order valence-electron chi connectivity index (χ3n) is 6.57. The third kappa shape index (κ3) is 5.89. The lowest BCUT2D eigenvalue weighted by Gasteiger charge is -2.34. The Bertz CT molecular complexity index is 965. The van der Waals surface area contributed by atoms with Crippen molar-refractivity contribution < 1.29 is 45.4 Å². The van der Waals surface area contributed by atoms with Crippen molar-refractivity contribution in [2.24, 2.45) is 0 Å². The maximum atomic E-state index is 13.9. The Hall–Kier alpha value is -1.95. The van der Waals surface area contributed by atoms with Gasteiger partial charge in [0.25, 0.3) is 10.8 Å². The van der Waals surface area contributed by atoms with E-state index in [-0.39, 0.29) is 41.9 Å². The number of rotatable bonds is 12. The lowest BCUT2D eigenvalue weighted by molar-refractivity contribution is -0.385. The number of thioether (sulfide) groups is 1. The molecule has 5 nitrogen and oxygen atoms in total. The molecule has 0 aliphatic carbocycles. The fourth-order valence-corrected chi connectivity index (χ4v) is 5.59. The van der Waals surface area contributed by atoms with Gasteiger partial charge in [0.1, 0.15) is 5.75 Å². The fraction of sp³-hybridized carbons (Fsp3) is 0.680. The molecule has 0 radical (unpaired) electrons. The lowest BCUT2D eigenvalue weighted by Crippen LogP contribution is -2.53. The molecule has 0 saturated carbocycles. The number of carbonyl (C=O) groups is 2. The van der Waals surface area contributed by atoms with E-state index >= 15 is 0 Å². The van der Waals surface area contributed by atoms with Crippen LogP contribution in [0.15, 0.2) is 6.07 Å². The van der Waals surface area contributed by atoms with Crippen molar-refractivity contribution in [1.29, 1.82) is 0 Å². The number of nitrogens with zero attached hydrogens (tertiary/aromatic N) is 1.